The van der Waals surface area contributed by atoms with E-state index in [4.69, 9.17) is 4.74 Å². The van der Waals surface area contributed by atoms with Crippen molar-refractivity contribution in [3.63, 3.8) is 0 Å². The summed E-state index contributed by atoms with van der Waals surface area (Å²) in [6.45, 7) is 6.57. The Morgan fingerprint density at radius 3 is 2.53 bits per heavy atom. The molecule has 0 fully saturated rings. The number of nitrogens with zero attached hydrogens (tertiary/aromatic N) is 2. The van der Waals surface area contributed by atoms with E-state index in [2.05, 4.69) is 31.9 Å². The van der Waals surface area contributed by atoms with Gasteiger partial charge in [-0.05, 0) is 35.2 Å². The minimum absolute atomic E-state index is 0.0514. The van der Waals surface area contributed by atoms with Crippen molar-refractivity contribution in [1.82, 2.24) is 9.78 Å². The van der Waals surface area contributed by atoms with Crippen molar-refractivity contribution in [3.8, 4) is 11.4 Å². The molecule has 3 nitrogen and oxygen atoms in total. The van der Waals surface area contributed by atoms with Crippen LogP contribution in [0.3, 0.4) is 0 Å². The van der Waals surface area contributed by atoms with Crippen molar-refractivity contribution in [2.75, 3.05) is 7.11 Å². The van der Waals surface area contributed by atoms with E-state index in [9.17, 15) is 0 Å². The normalized spacial score (nSPS) is 11.5. The molecule has 0 saturated heterocycles. The molecule has 1 aromatic heterocycles. The average Bonchev–Trinajstić information content (AvgIpc) is 2.80. The Hall–Kier alpha value is -1.77. The van der Waals surface area contributed by atoms with Crippen molar-refractivity contribution >= 4 is 0 Å². The van der Waals surface area contributed by atoms with Crippen molar-refractivity contribution in [2.24, 2.45) is 0 Å². The van der Waals surface area contributed by atoms with Crippen LogP contribution in [0.5, 0.6) is 5.75 Å². The lowest BCUT2D eigenvalue weighted by Gasteiger charge is -2.23. The molecule has 0 aliphatic carbocycles. The number of ether oxygens (including phenoxy) is 1. The molecule has 1 heterocycles. The molecule has 90 valence electrons. The number of hydrogen-bond acceptors (Lipinski definition) is 2. The lowest BCUT2D eigenvalue weighted by molar-refractivity contribution is 0.412. The summed E-state index contributed by atoms with van der Waals surface area (Å²) in [6, 6.07) is 8.02. The van der Waals surface area contributed by atoms with Crippen LogP contribution in [0, 0.1) is 0 Å². The monoisotopic (exact) mass is 230 g/mol. The maximum atomic E-state index is 5.29. The molecule has 0 spiro atoms. The van der Waals surface area contributed by atoms with Crippen LogP contribution in [0.2, 0.25) is 0 Å². The van der Waals surface area contributed by atoms with Gasteiger partial charge in [0.1, 0.15) is 5.75 Å². The van der Waals surface area contributed by atoms with Crippen LogP contribution in [0.4, 0.5) is 0 Å². The molecule has 1 aromatic carbocycles. The van der Waals surface area contributed by atoms with E-state index in [-0.39, 0.29) is 5.41 Å². The molecule has 17 heavy (non-hydrogen) atoms. The summed E-state index contributed by atoms with van der Waals surface area (Å²) in [4.78, 5) is 0. The van der Waals surface area contributed by atoms with E-state index < -0.39 is 0 Å². The highest BCUT2D eigenvalue weighted by Crippen LogP contribution is 2.31. The van der Waals surface area contributed by atoms with Crippen molar-refractivity contribution in [3.05, 3.63) is 42.2 Å². The van der Waals surface area contributed by atoms with Crippen LogP contribution >= 0.6 is 0 Å². The van der Waals surface area contributed by atoms with Gasteiger partial charge in [0.05, 0.1) is 12.8 Å². The Bertz CT molecular complexity index is 495. The van der Waals surface area contributed by atoms with E-state index >= 15 is 0 Å². The summed E-state index contributed by atoms with van der Waals surface area (Å²) < 4.78 is 7.18. The van der Waals surface area contributed by atoms with Gasteiger partial charge in [0, 0.05) is 12.4 Å². The highest BCUT2D eigenvalue weighted by molar-refractivity contribution is 5.48. The largest absolute Gasteiger partial charge is 0.497 e. The zero-order valence-corrected chi connectivity index (χ0v) is 10.8. The molecule has 2 aromatic rings. The van der Waals surface area contributed by atoms with E-state index in [0.717, 1.165) is 11.4 Å². The predicted octanol–water partition coefficient (Wildman–Crippen LogP) is 3.18. The molecule has 0 radical (unpaired) electrons. The fourth-order valence-corrected chi connectivity index (χ4v) is 1.85. The second-order valence-electron chi connectivity index (χ2n) is 5.08. The van der Waals surface area contributed by atoms with E-state index in [1.54, 1.807) is 13.3 Å². The summed E-state index contributed by atoms with van der Waals surface area (Å²) >= 11 is 0. The Kier molecular flexibility index (Phi) is 2.92. The maximum Gasteiger partial charge on any atom is 0.119 e. The van der Waals surface area contributed by atoms with Crippen molar-refractivity contribution < 1.29 is 4.74 Å². The average molecular weight is 230 g/mol. The van der Waals surface area contributed by atoms with Crippen LogP contribution in [0.1, 0.15) is 26.3 Å². The molecule has 0 aliphatic heterocycles. The van der Waals surface area contributed by atoms with Crippen molar-refractivity contribution in [2.45, 2.75) is 26.2 Å². The summed E-state index contributed by atoms with van der Waals surface area (Å²) in [5.74, 6) is 0.880. The topological polar surface area (TPSA) is 27.1 Å². The van der Waals surface area contributed by atoms with Gasteiger partial charge in [0.2, 0.25) is 0 Å². The van der Waals surface area contributed by atoms with Gasteiger partial charge in [0.25, 0.3) is 0 Å². The van der Waals surface area contributed by atoms with Gasteiger partial charge >= 0.3 is 0 Å². The van der Waals surface area contributed by atoms with E-state index in [0.29, 0.717) is 0 Å². The first kappa shape index (κ1) is 11.7. The minimum Gasteiger partial charge on any atom is -0.497 e. The van der Waals surface area contributed by atoms with Gasteiger partial charge < -0.3 is 4.74 Å². The Labute approximate surface area is 102 Å². The highest BCUT2D eigenvalue weighted by Gasteiger charge is 2.19. The third-order valence-corrected chi connectivity index (χ3v) is 2.76. The first-order chi connectivity index (χ1) is 8.02. The SMILES string of the molecule is COc1ccc(-n2cccn2)c(C(C)(C)C)c1. The number of benzene rings is 1. The molecule has 3 heteroatoms. The lowest BCUT2D eigenvalue weighted by atomic mass is 9.85. The zero-order chi connectivity index (χ0) is 12.5. The Morgan fingerprint density at radius 2 is 2.00 bits per heavy atom. The third-order valence-electron chi connectivity index (χ3n) is 2.76. The summed E-state index contributed by atoms with van der Waals surface area (Å²) in [7, 11) is 1.69. The predicted molar refractivity (Wildman–Crippen MR) is 68.8 cm³/mol. The van der Waals surface area contributed by atoms with Gasteiger partial charge in [-0.1, -0.05) is 20.8 Å². The number of hydrogen-bond donors (Lipinski definition) is 0. The second kappa shape index (κ2) is 4.24. The Balaban J connectivity index is 2.59. The Morgan fingerprint density at radius 1 is 1.24 bits per heavy atom. The number of rotatable bonds is 2. The smallest absolute Gasteiger partial charge is 0.119 e. The maximum absolute atomic E-state index is 5.29. The van der Waals surface area contributed by atoms with E-state index in [1.165, 1.54) is 5.56 Å². The van der Waals surface area contributed by atoms with Gasteiger partial charge in [0.15, 0.2) is 0 Å². The first-order valence-corrected chi connectivity index (χ1v) is 5.71. The summed E-state index contributed by atoms with van der Waals surface area (Å²) in [6.07, 6.45) is 3.74. The molecule has 2 rings (SSSR count). The second-order valence-corrected chi connectivity index (χ2v) is 5.08. The van der Waals surface area contributed by atoms with Crippen LogP contribution < -0.4 is 4.74 Å². The standard InChI is InChI=1S/C14H18N2O/c1-14(2,3)12-10-11(17-4)6-7-13(12)16-9-5-8-15-16/h5-10H,1-4H3. The highest BCUT2D eigenvalue weighted by atomic mass is 16.5. The molecule has 0 unspecified atom stereocenters. The molecular formula is C14H18N2O. The quantitative estimate of drug-likeness (QED) is 0.792. The van der Waals surface area contributed by atoms with Crippen LogP contribution in [0.15, 0.2) is 36.7 Å². The van der Waals surface area contributed by atoms with Crippen molar-refractivity contribution in [1.29, 1.82) is 0 Å². The molecule has 0 bridgehead atoms. The molecule has 0 aliphatic rings. The molecular weight excluding hydrogens is 212 g/mol. The number of aromatic nitrogens is 2. The minimum atomic E-state index is 0.0514. The number of methoxy groups -OCH3 is 1. The summed E-state index contributed by atoms with van der Waals surface area (Å²) in [5.41, 5.74) is 2.37. The fraction of sp³-hybridized carbons (Fsp3) is 0.357. The first-order valence-electron chi connectivity index (χ1n) is 5.71. The van der Waals surface area contributed by atoms with Gasteiger partial charge in [-0.25, -0.2) is 4.68 Å². The van der Waals surface area contributed by atoms with Crippen LogP contribution in [0.25, 0.3) is 5.69 Å². The van der Waals surface area contributed by atoms with Gasteiger partial charge in [-0.3, -0.25) is 0 Å². The zero-order valence-electron chi connectivity index (χ0n) is 10.8. The molecule has 0 N–H and O–H groups in total. The molecule has 0 atom stereocenters. The third kappa shape index (κ3) is 2.33. The van der Waals surface area contributed by atoms with Crippen LogP contribution in [-0.4, -0.2) is 16.9 Å². The molecule has 0 amide bonds. The van der Waals surface area contributed by atoms with Gasteiger partial charge in [-0.15, -0.1) is 0 Å². The van der Waals surface area contributed by atoms with Crippen LogP contribution in [-0.2, 0) is 5.41 Å². The van der Waals surface area contributed by atoms with E-state index in [1.807, 2.05) is 29.1 Å². The van der Waals surface area contributed by atoms with Gasteiger partial charge in [-0.2, -0.15) is 5.10 Å². The molecule has 0 saturated carbocycles. The lowest BCUT2D eigenvalue weighted by Crippen LogP contribution is -2.15. The summed E-state index contributed by atoms with van der Waals surface area (Å²) in [5, 5.41) is 4.29. The fourth-order valence-electron chi connectivity index (χ4n) is 1.85.